The summed E-state index contributed by atoms with van der Waals surface area (Å²) in [6.45, 7) is 2.19. The van der Waals surface area contributed by atoms with E-state index in [0.717, 1.165) is 103 Å². The minimum atomic E-state index is -0.835. The van der Waals surface area contributed by atoms with Crippen molar-refractivity contribution in [2.45, 2.75) is 38.2 Å². The van der Waals surface area contributed by atoms with Gasteiger partial charge in [0.1, 0.15) is 6.10 Å². The number of unbranched alkanes of at least 4 members (excludes halogenated alkanes) is 1. The van der Waals surface area contributed by atoms with E-state index in [-0.39, 0.29) is 22.7 Å². The molecule has 0 spiro atoms. The summed E-state index contributed by atoms with van der Waals surface area (Å²) in [5, 5.41) is 12.5. The van der Waals surface area contributed by atoms with Crippen LogP contribution in [0.15, 0.2) is 176 Å². The molecule has 0 saturated heterocycles. The molecule has 3 aromatic heterocycles. The van der Waals surface area contributed by atoms with Gasteiger partial charge in [0.15, 0.2) is 0 Å². The molecule has 1 N–H and O–H groups in total. The van der Waals surface area contributed by atoms with E-state index in [1.807, 2.05) is 78.9 Å². The van der Waals surface area contributed by atoms with Gasteiger partial charge in [-0.15, -0.1) is 22.1 Å². The van der Waals surface area contributed by atoms with Gasteiger partial charge in [-0.2, -0.15) is 36.4 Å². The maximum atomic E-state index is 12.5. The molecule has 8 aromatic rings. The van der Waals surface area contributed by atoms with Gasteiger partial charge in [0.25, 0.3) is 0 Å². The van der Waals surface area contributed by atoms with Crippen molar-refractivity contribution in [3.05, 3.63) is 205 Å². The number of fused-ring (bicyclic) bond motifs is 8. The zero-order valence-corrected chi connectivity index (χ0v) is 34.3. The van der Waals surface area contributed by atoms with Crippen LogP contribution in [-0.2, 0) is 16.8 Å². The Morgan fingerprint density at radius 2 is 0.867 bits per heavy atom. The van der Waals surface area contributed by atoms with Gasteiger partial charge in [-0.1, -0.05) is 165 Å². The first-order valence-electron chi connectivity index (χ1n) is 20.4. The minimum Gasteiger partial charge on any atom is -0.657 e. The molecule has 2 aliphatic rings. The van der Waals surface area contributed by atoms with Gasteiger partial charge < -0.3 is 15.1 Å². The standard InChI is InChI=1S/C48H38N4O.C6H5.Co/c1-2-3-24-35-46-44(33-20-12-6-13-21-33)40-29-27-38(50-40)42(31-16-8-4-9-17-31)36-25-26-37(49-36)43(32-18-10-5-11-19-32)39-28-30-41(51-39)45(47(52-46)48(35)53)34-22-14-7-15-23-34;1-2-4-6-5-3-1;/h4-23,25-30,35,48,53H,2-3,24H2,1H3;1-5H;/q-2;-1;+3/t35-,48+;;/m1../s1. The molecule has 6 heteroatoms. The van der Waals surface area contributed by atoms with E-state index in [1.54, 1.807) is 0 Å². The van der Waals surface area contributed by atoms with Crippen LogP contribution in [0.3, 0.4) is 0 Å². The van der Waals surface area contributed by atoms with Gasteiger partial charge in [0.05, 0.1) is 22.8 Å². The number of aromatic nitrogens is 4. The zero-order chi connectivity index (χ0) is 40.0. The van der Waals surface area contributed by atoms with Crippen molar-refractivity contribution in [1.29, 1.82) is 0 Å². The summed E-state index contributed by atoms with van der Waals surface area (Å²) in [6.07, 6.45) is 6.11. The monoisotopic (exact) mass is 822 g/mol. The maximum absolute atomic E-state index is 12.5. The number of aliphatic hydroxyl groups excluding tert-OH is 1. The molecule has 0 radical (unpaired) electrons. The van der Waals surface area contributed by atoms with E-state index in [4.69, 9.17) is 19.9 Å². The molecule has 0 fully saturated rings. The molecule has 10 rings (SSSR count). The predicted octanol–water partition coefficient (Wildman–Crippen LogP) is 12.9. The van der Waals surface area contributed by atoms with E-state index in [0.29, 0.717) is 5.69 Å². The van der Waals surface area contributed by atoms with Crippen molar-refractivity contribution in [2.75, 3.05) is 0 Å². The Bertz CT molecular complexity index is 2850. The summed E-state index contributed by atoms with van der Waals surface area (Å²) in [7, 11) is 0. The van der Waals surface area contributed by atoms with Crippen LogP contribution in [0.1, 0.15) is 61.0 Å². The van der Waals surface area contributed by atoms with Crippen LogP contribution in [0.2, 0.25) is 0 Å². The van der Waals surface area contributed by atoms with Crippen molar-refractivity contribution in [1.82, 2.24) is 19.9 Å². The first-order valence-corrected chi connectivity index (χ1v) is 20.4. The van der Waals surface area contributed by atoms with Crippen LogP contribution in [-0.4, -0.2) is 15.1 Å². The number of rotatable bonds is 7. The molecular formula is C54H43CoN4O. The zero-order valence-electron chi connectivity index (χ0n) is 33.2. The maximum Gasteiger partial charge on any atom is 3.00 e. The van der Waals surface area contributed by atoms with E-state index < -0.39 is 6.10 Å². The number of nitrogens with zero attached hydrogens (tertiary/aromatic N) is 4. The molecule has 0 unspecified atom stereocenters. The summed E-state index contributed by atoms with van der Waals surface area (Å²) in [5.74, 6) is -0.230. The SMILES string of the molecule is CCCC[C@@H]1c2nc(c(-c3ccccc3)c3ccc([n-]3)c(-c3ccccc3)c3nc(c(-c4ccccc4)c4ccc([n-]4)c2-c2ccccc2)C=C3)[C@H]1O.[Co+3].[c-]1ccccc1. The molecule has 0 aliphatic carbocycles. The molecular weight excluding hydrogens is 780 g/mol. The van der Waals surface area contributed by atoms with Gasteiger partial charge in [-0.05, 0) is 63.1 Å². The first-order chi connectivity index (χ1) is 29.2. The van der Waals surface area contributed by atoms with Gasteiger partial charge in [0, 0.05) is 5.92 Å². The third-order valence-corrected chi connectivity index (χ3v) is 10.9. The second kappa shape index (κ2) is 18.6. The van der Waals surface area contributed by atoms with Crippen LogP contribution in [0.25, 0.3) is 78.7 Å². The average Bonchev–Trinajstić information content (AvgIpc) is 4.13. The second-order valence-corrected chi connectivity index (χ2v) is 14.8. The molecule has 5 aromatic carbocycles. The average molecular weight is 823 g/mol. The fraction of sp³-hybridized carbons (Fsp3) is 0.111. The van der Waals surface area contributed by atoms with Crippen molar-refractivity contribution >= 4 is 34.2 Å². The summed E-state index contributed by atoms with van der Waals surface area (Å²) < 4.78 is 0. The molecule has 2 atom stereocenters. The first kappa shape index (κ1) is 40.2. The fourth-order valence-electron chi connectivity index (χ4n) is 8.17. The molecule has 8 bridgehead atoms. The predicted molar refractivity (Wildman–Crippen MR) is 242 cm³/mol. The molecule has 0 saturated carbocycles. The Morgan fingerprint density at radius 1 is 0.483 bits per heavy atom. The summed E-state index contributed by atoms with van der Waals surface area (Å²) in [5.41, 5.74) is 14.1. The third-order valence-electron chi connectivity index (χ3n) is 10.9. The van der Waals surface area contributed by atoms with Crippen molar-refractivity contribution in [3.8, 4) is 44.5 Å². The number of benzene rings is 5. The minimum absolute atomic E-state index is 0. The van der Waals surface area contributed by atoms with Gasteiger partial charge in [-0.25, -0.2) is 4.98 Å². The van der Waals surface area contributed by atoms with E-state index in [2.05, 4.69) is 122 Å². The van der Waals surface area contributed by atoms with Crippen molar-refractivity contribution < 1.29 is 21.9 Å². The van der Waals surface area contributed by atoms with Crippen LogP contribution >= 0.6 is 0 Å². The number of hydrogen-bond acceptors (Lipinski definition) is 3. The summed E-state index contributed by atoms with van der Waals surface area (Å²) in [4.78, 5) is 21.6. The van der Waals surface area contributed by atoms with Gasteiger partial charge in [0.2, 0.25) is 0 Å². The largest absolute Gasteiger partial charge is 3.00 e. The topological polar surface area (TPSA) is 74.2 Å². The third kappa shape index (κ3) is 8.18. The molecule has 0 amide bonds. The number of hydrogen-bond donors (Lipinski definition) is 1. The molecule has 294 valence electrons. The Balaban J connectivity index is 0.000000657. The quantitative estimate of drug-likeness (QED) is 0.162. The molecule has 2 aliphatic heterocycles. The Labute approximate surface area is 361 Å². The second-order valence-electron chi connectivity index (χ2n) is 14.8. The molecule has 5 nitrogen and oxygen atoms in total. The van der Waals surface area contributed by atoms with Crippen molar-refractivity contribution in [3.63, 3.8) is 0 Å². The number of aliphatic hydroxyl groups is 1. The molecule has 60 heavy (non-hydrogen) atoms. The normalized spacial score (nSPS) is 14.2. The Hall–Kier alpha value is -6.57. The Kier molecular flexibility index (Phi) is 12.4. The van der Waals surface area contributed by atoms with Gasteiger partial charge >= 0.3 is 16.8 Å². The molecule has 5 heterocycles. The van der Waals surface area contributed by atoms with E-state index in [1.165, 1.54) is 0 Å². The van der Waals surface area contributed by atoms with E-state index in [9.17, 15) is 5.11 Å². The summed E-state index contributed by atoms with van der Waals surface area (Å²) in [6, 6.07) is 62.1. The fourth-order valence-corrected chi connectivity index (χ4v) is 8.17. The smallest absolute Gasteiger partial charge is 0.657 e. The van der Waals surface area contributed by atoms with Crippen molar-refractivity contribution in [2.24, 2.45) is 0 Å². The van der Waals surface area contributed by atoms with Crippen LogP contribution in [0.5, 0.6) is 0 Å². The van der Waals surface area contributed by atoms with Gasteiger partial charge in [-0.3, -0.25) is 4.98 Å². The Morgan fingerprint density at radius 3 is 1.25 bits per heavy atom. The van der Waals surface area contributed by atoms with Crippen LogP contribution in [0.4, 0.5) is 0 Å². The summed E-state index contributed by atoms with van der Waals surface area (Å²) >= 11 is 0. The van der Waals surface area contributed by atoms with E-state index >= 15 is 0 Å². The van der Waals surface area contributed by atoms with Crippen LogP contribution in [0, 0.1) is 6.07 Å². The van der Waals surface area contributed by atoms with Crippen LogP contribution < -0.4 is 9.97 Å².